The topological polar surface area (TPSA) is 21.3 Å². The van der Waals surface area contributed by atoms with E-state index in [2.05, 4.69) is 33.0 Å². The third-order valence-corrected chi connectivity index (χ3v) is 4.39. The van der Waals surface area contributed by atoms with Gasteiger partial charge in [-0.25, -0.2) is 0 Å². The van der Waals surface area contributed by atoms with E-state index < -0.39 is 0 Å². The number of hydrogen-bond donors (Lipinski definition) is 1. The van der Waals surface area contributed by atoms with E-state index in [1.807, 2.05) is 0 Å². The summed E-state index contributed by atoms with van der Waals surface area (Å²) < 4.78 is 6.00. The maximum absolute atomic E-state index is 6.00. The molecule has 1 heterocycles. The predicted octanol–water partition coefficient (Wildman–Crippen LogP) is 3.50. The van der Waals surface area contributed by atoms with Crippen LogP contribution in [-0.4, -0.2) is 24.3 Å². The maximum Gasteiger partial charge on any atom is 0.0585 e. The Hall–Kier alpha value is -0.0800. The zero-order valence-corrected chi connectivity index (χ0v) is 12.0. The van der Waals surface area contributed by atoms with Gasteiger partial charge in [-0.15, -0.1) is 0 Å². The van der Waals surface area contributed by atoms with Gasteiger partial charge in [0.1, 0.15) is 0 Å². The molecule has 0 spiro atoms. The lowest BCUT2D eigenvalue weighted by atomic mass is 9.65. The molecule has 0 amide bonds. The van der Waals surface area contributed by atoms with Gasteiger partial charge in [0.15, 0.2) is 0 Å². The Morgan fingerprint density at radius 2 is 1.94 bits per heavy atom. The average Bonchev–Trinajstić information content (AvgIpc) is 2.54. The van der Waals surface area contributed by atoms with Crippen molar-refractivity contribution in [2.45, 2.75) is 84.0 Å². The van der Waals surface area contributed by atoms with Gasteiger partial charge in [0.25, 0.3) is 0 Å². The number of ether oxygens (including phenoxy) is 1. The van der Waals surface area contributed by atoms with E-state index >= 15 is 0 Å². The molecule has 1 aliphatic carbocycles. The molecular formula is C15H29NO. The molecule has 2 atom stereocenters. The summed E-state index contributed by atoms with van der Waals surface area (Å²) in [6.45, 7) is 10.2. The molecule has 0 aromatic carbocycles. The van der Waals surface area contributed by atoms with Gasteiger partial charge < -0.3 is 10.1 Å². The van der Waals surface area contributed by atoms with E-state index in [1.54, 1.807) is 0 Å². The second-order valence-corrected chi connectivity index (χ2v) is 7.31. The van der Waals surface area contributed by atoms with Crippen molar-refractivity contribution in [2.24, 2.45) is 5.41 Å². The number of nitrogens with one attached hydrogen (secondary N) is 1. The summed E-state index contributed by atoms with van der Waals surface area (Å²) in [5, 5.41) is 3.69. The molecular weight excluding hydrogens is 210 g/mol. The van der Waals surface area contributed by atoms with Crippen molar-refractivity contribution in [3.05, 3.63) is 0 Å². The molecule has 100 valence electrons. The van der Waals surface area contributed by atoms with Gasteiger partial charge in [-0.1, -0.05) is 6.42 Å². The molecule has 1 saturated heterocycles. The average molecular weight is 239 g/mol. The van der Waals surface area contributed by atoms with Crippen molar-refractivity contribution in [1.29, 1.82) is 0 Å². The predicted molar refractivity (Wildman–Crippen MR) is 72.2 cm³/mol. The van der Waals surface area contributed by atoms with Crippen molar-refractivity contribution >= 4 is 0 Å². The summed E-state index contributed by atoms with van der Waals surface area (Å²) >= 11 is 0. The summed E-state index contributed by atoms with van der Waals surface area (Å²) in [6.07, 6.45) is 9.04. The molecule has 2 nitrogen and oxygen atoms in total. The Labute approximate surface area is 107 Å². The van der Waals surface area contributed by atoms with Crippen LogP contribution in [0.5, 0.6) is 0 Å². The Kier molecular flexibility index (Phi) is 3.84. The van der Waals surface area contributed by atoms with Crippen LogP contribution < -0.4 is 5.32 Å². The summed E-state index contributed by atoms with van der Waals surface area (Å²) in [7, 11) is 0. The molecule has 2 rings (SSSR count). The van der Waals surface area contributed by atoms with Gasteiger partial charge in [-0.3, -0.25) is 0 Å². The largest absolute Gasteiger partial charge is 0.375 e. The van der Waals surface area contributed by atoms with Crippen molar-refractivity contribution in [2.75, 3.05) is 6.54 Å². The minimum atomic E-state index is 0.242. The van der Waals surface area contributed by atoms with Crippen LogP contribution in [-0.2, 0) is 4.74 Å². The smallest absolute Gasteiger partial charge is 0.0585 e. The molecule has 2 unspecified atom stereocenters. The first-order chi connectivity index (χ1) is 7.89. The van der Waals surface area contributed by atoms with Crippen LogP contribution in [0.1, 0.15) is 66.2 Å². The van der Waals surface area contributed by atoms with Gasteiger partial charge in [-0.2, -0.15) is 0 Å². The lowest BCUT2D eigenvalue weighted by molar-refractivity contribution is -0.00617. The zero-order chi connectivity index (χ0) is 12.5. The lowest BCUT2D eigenvalue weighted by Gasteiger charge is -2.45. The lowest BCUT2D eigenvalue weighted by Crippen LogP contribution is -2.48. The van der Waals surface area contributed by atoms with Crippen molar-refractivity contribution < 1.29 is 4.74 Å². The minimum Gasteiger partial charge on any atom is -0.375 e. The van der Waals surface area contributed by atoms with E-state index in [0.717, 1.165) is 0 Å². The highest BCUT2D eigenvalue weighted by Gasteiger charge is 2.40. The zero-order valence-electron chi connectivity index (χ0n) is 12.0. The highest BCUT2D eigenvalue weighted by molar-refractivity contribution is 4.94. The molecule has 17 heavy (non-hydrogen) atoms. The van der Waals surface area contributed by atoms with Gasteiger partial charge in [0.2, 0.25) is 0 Å². The Morgan fingerprint density at radius 3 is 2.35 bits per heavy atom. The SMILES string of the molecule is CC1CCC(CC2(CNC(C)(C)C)CCC2)O1. The second kappa shape index (κ2) is 4.89. The Bertz CT molecular complexity index is 252. The first kappa shape index (κ1) is 13.4. The Morgan fingerprint density at radius 1 is 1.24 bits per heavy atom. The first-order valence-electron chi connectivity index (χ1n) is 7.29. The normalized spacial score (nSPS) is 32.5. The van der Waals surface area contributed by atoms with Crippen LogP contribution in [0.25, 0.3) is 0 Å². The molecule has 0 aromatic heterocycles. The van der Waals surface area contributed by atoms with E-state index in [9.17, 15) is 0 Å². The molecule has 2 heteroatoms. The van der Waals surface area contributed by atoms with Crippen LogP contribution in [0.3, 0.4) is 0 Å². The molecule has 1 N–H and O–H groups in total. The van der Waals surface area contributed by atoms with Crippen molar-refractivity contribution in [3.8, 4) is 0 Å². The van der Waals surface area contributed by atoms with Crippen LogP contribution in [0.4, 0.5) is 0 Å². The summed E-state index contributed by atoms with van der Waals surface area (Å²) in [6, 6.07) is 0. The molecule has 1 saturated carbocycles. The van der Waals surface area contributed by atoms with E-state index in [4.69, 9.17) is 4.74 Å². The molecule has 1 aliphatic heterocycles. The Balaban J connectivity index is 1.82. The summed E-state index contributed by atoms with van der Waals surface area (Å²) in [4.78, 5) is 0. The van der Waals surface area contributed by atoms with Crippen LogP contribution >= 0.6 is 0 Å². The minimum absolute atomic E-state index is 0.242. The van der Waals surface area contributed by atoms with Crippen LogP contribution in [0.15, 0.2) is 0 Å². The maximum atomic E-state index is 6.00. The molecule has 0 bridgehead atoms. The molecule has 2 fully saturated rings. The highest BCUT2D eigenvalue weighted by Crippen LogP contribution is 2.46. The first-order valence-corrected chi connectivity index (χ1v) is 7.29. The number of hydrogen-bond acceptors (Lipinski definition) is 2. The van der Waals surface area contributed by atoms with Gasteiger partial charge in [0.05, 0.1) is 12.2 Å². The quantitative estimate of drug-likeness (QED) is 0.810. The fourth-order valence-corrected chi connectivity index (χ4v) is 3.10. The summed E-state index contributed by atoms with van der Waals surface area (Å²) in [5.74, 6) is 0. The third kappa shape index (κ3) is 3.69. The van der Waals surface area contributed by atoms with E-state index in [0.29, 0.717) is 17.6 Å². The molecule has 2 aliphatic rings. The monoisotopic (exact) mass is 239 g/mol. The van der Waals surface area contributed by atoms with Crippen molar-refractivity contribution in [1.82, 2.24) is 5.32 Å². The second-order valence-electron chi connectivity index (χ2n) is 7.31. The van der Waals surface area contributed by atoms with Crippen LogP contribution in [0.2, 0.25) is 0 Å². The number of rotatable bonds is 4. The van der Waals surface area contributed by atoms with Gasteiger partial charge in [-0.05, 0) is 65.2 Å². The van der Waals surface area contributed by atoms with Gasteiger partial charge >= 0.3 is 0 Å². The standard InChI is InChI=1S/C15H29NO/c1-12-6-7-13(17-12)10-15(8-5-9-15)11-16-14(2,3)4/h12-13,16H,5-11H2,1-4H3. The van der Waals surface area contributed by atoms with E-state index in [-0.39, 0.29) is 5.54 Å². The van der Waals surface area contributed by atoms with Crippen molar-refractivity contribution in [3.63, 3.8) is 0 Å². The fraction of sp³-hybridized carbons (Fsp3) is 1.00. The van der Waals surface area contributed by atoms with Gasteiger partial charge in [0, 0.05) is 12.1 Å². The summed E-state index contributed by atoms with van der Waals surface area (Å²) in [5.41, 5.74) is 0.786. The molecule has 0 radical (unpaired) electrons. The molecule has 0 aromatic rings. The fourth-order valence-electron chi connectivity index (χ4n) is 3.10. The van der Waals surface area contributed by atoms with E-state index in [1.165, 1.54) is 45.1 Å². The highest BCUT2D eigenvalue weighted by atomic mass is 16.5. The van der Waals surface area contributed by atoms with Crippen LogP contribution in [0, 0.1) is 5.41 Å². The third-order valence-electron chi connectivity index (χ3n) is 4.39.